The lowest BCUT2D eigenvalue weighted by molar-refractivity contribution is -0.163. The van der Waals surface area contributed by atoms with Crippen LogP contribution in [0.15, 0.2) is 28.8 Å². The Bertz CT molecular complexity index is 1140. The molecule has 9 nitrogen and oxygen atoms in total. The van der Waals surface area contributed by atoms with Gasteiger partial charge in [0.05, 0.1) is 18.7 Å². The van der Waals surface area contributed by atoms with Gasteiger partial charge in [-0.15, -0.1) is 0 Å². The van der Waals surface area contributed by atoms with E-state index in [1.54, 1.807) is 12.3 Å². The summed E-state index contributed by atoms with van der Waals surface area (Å²) in [5.41, 5.74) is 1.31. The maximum atomic E-state index is 12.9. The second-order valence-electron chi connectivity index (χ2n) is 9.75. The van der Waals surface area contributed by atoms with Gasteiger partial charge in [-0.2, -0.15) is 5.01 Å². The second kappa shape index (κ2) is 8.23. The van der Waals surface area contributed by atoms with Crippen molar-refractivity contribution in [2.75, 3.05) is 13.1 Å². The number of piperidine rings is 1. The van der Waals surface area contributed by atoms with Crippen molar-refractivity contribution in [2.45, 2.75) is 70.1 Å². The summed E-state index contributed by atoms with van der Waals surface area (Å²) in [5.74, 6) is 1.80. The zero-order valence-electron chi connectivity index (χ0n) is 19.2. The summed E-state index contributed by atoms with van der Waals surface area (Å²) in [6.07, 6.45) is 6.18. The first-order valence-corrected chi connectivity index (χ1v) is 12.1. The number of carbonyl (C=O) groups is 3. The molecule has 0 bridgehead atoms. The molecule has 178 valence electrons. The van der Waals surface area contributed by atoms with Crippen LogP contribution < -0.4 is 4.74 Å². The molecule has 9 heteroatoms. The first-order chi connectivity index (χ1) is 16.5. The highest BCUT2D eigenvalue weighted by Gasteiger charge is 2.43. The summed E-state index contributed by atoms with van der Waals surface area (Å²) in [6.45, 7) is 3.98. The van der Waals surface area contributed by atoms with Gasteiger partial charge in [-0.3, -0.25) is 19.3 Å². The fourth-order valence-corrected chi connectivity index (χ4v) is 5.66. The fraction of sp³-hybridized carbons (Fsp3) is 0.520. The quantitative estimate of drug-likeness (QED) is 0.628. The zero-order chi connectivity index (χ0) is 23.4. The highest BCUT2D eigenvalue weighted by Crippen LogP contribution is 2.37. The molecule has 4 heterocycles. The number of oxazole rings is 1. The summed E-state index contributed by atoms with van der Waals surface area (Å²) < 4.78 is 12.1. The molecule has 2 saturated heterocycles. The van der Waals surface area contributed by atoms with E-state index in [4.69, 9.17) is 9.15 Å². The topological polar surface area (TPSA) is 96.2 Å². The number of fused-ring (bicyclic) bond motifs is 1. The van der Waals surface area contributed by atoms with Crippen LogP contribution in [0.1, 0.15) is 72.0 Å². The number of carbonyl (C=O) groups excluding carboxylic acids is 3. The van der Waals surface area contributed by atoms with Crippen LogP contribution in [0.2, 0.25) is 0 Å². The Balaban J connectivity index is 1.12. The number of hydrogen-bond donors (Lipinski definition) is 0. The zero-order valence-corrected chi connectivity index (χ0v) is 19.2. The van der Waals surface area contributed by atoms with Crippen molar-refractivity contribution in [3.63, 3.8) is 0 Å². The molecule has 34 heavy (non-hydrogen) atoms. The van der Waals surface area contributed by atoms with Crippen molar-refractivity contribution in [1.29, 1.82) is 0 Å². The molecule has 4 aliphatic rings. The van der Waals surface area contributed by atoms with Crippen LogP contribution in [0.5, 0.6) is 5.75 Å². The minimum Gasteiger partial charge on any atom is -0.489 e. The molecule has 1 aromatic carbocycles. The van der Waals surface area contributed by atoms with Crippen molar-refractivity contribution >= 4 is 17.7 Å². The molecule has 1 aliphatic carbocycles. The van der Waals surface area contributed by atoms with E-state index in [0.29, 0.717) is 23.9 Å². The Labute approximate surface area is 197 Å². The van der Waals surface area contributed by atoms with Crippen LogP contribution in [-0.2, 0) is 16.1 Å². The summed E-state index contributed by atoms with van der Waals surface area (Å²) >= 11 is 0. The standard InChI is InChI=1S/C25H28N4O5/c1-15-11-26-24(33-15)17-12-27(13-17)20-4-2-5-21(20)34-18-8-9-19-16(10-18)14-28(25(19)32)29-22(30)6-3-7-23(29)31/h8-11,17,20-21H,2-7,12-14H2,1H3/t20-,21-/m1/s1. The predicted octanol–water partition coefficient (Wildman–Crippen LogP) is 2.79. The smallest absolute Gasteiger partial charge is 0.273 e. The summed E-state index contributed by atoms with van der Waals surface area (Å²) in [6, 6.07) is 5.81. The number of aryl methyl sites for hydroxylation is 1. The van der Waals surface area contributed by atoms with Gasteiger partial charge in [0.2, 0.25) is 11.8 Å². The van der Waals surface area contributed by atoms with E-state index in [1.807, 2.05) is 19.1 Å². The van der Waals surface area contributed by atoms with Gasteiger partial charge in [0.15, 0.2) is 5.89 Å². The number of hydrazine groups is 1. The number of hydrogen-bond acceptors (Lipinski definition) is 7. The number of nitrogens with zero attached hydrogens (tertiary/aromatic N) is 4. The third-order valence-corrected chi connectivity index (χ3v) is 7.43. The number of benzene rings is 1. The summed E-state index contributed by atoms with van der Waals surface area (Å²) in [5, 5.41) is 2.32. The van der Waals surface area contributed by atoms with Gasteiger partial charge in [-0.1, -0.05) is 0 Å². The van der Waals surface area contributed by atoms with Crippen molar-refractivity contribution < 1.29 is 23.5 Å². The van der Waals surface area contributed by atoms with Crippen LogP contribution in [0.3, 0.4) is 0 Å². The average molecular weight is 465 g/mol. The van der Waals surface area contributed by atoms with Crippen LogP contribution in [0, 0.1) is 6.92 Å². The van der Waals surface area contributed by atoms with Crippen molar-refractivity contribution in [2.24, 2.45) is 0 Å². The van der Waals surface area contributed by atoms with E-state index in [0.717, 1.165) is 60.3 Å². The Kier molecular flexibility index (Phi) is 5.17. The van der Waals surface area contributed by atoms with Gasteiger partial charge in [0, 0.05) is 37.5 Å². The molecule has 0 unspecified atom stereocenters. The van der Waals surface area contributed by atoms with Crippen LogP contribution in [0.4, 0.5) is 0 Å². The summed E-state index contributed by atoms with van der Waals surface area (Å²) in [7, 11) is 0. The normalized spacial score (nSPS) is 25.7. The Morgan fingerprint density at radius 3 is 2.59 bits per heavy atom. The molecule has 1 saturated carbocycles. The maximum Gasteiger partial charge on any atom is 0.273 e. The van der Waals surface area contributed by atoms with Gasteiger partial charge < -0.3 is 9.15 Å². The van der Waals surface area contributed by atoms with Gasteiger partial charge in [-0.05, 0) is 56.4 Å². The molecular formula is C25H28N4O5. The number of ether oxygens (including phenoxy) is 1. The van der Waals surface area contributed by atoms with Gasteiger partial charge in [0.1, 0.15) is 17.6 Å². The van der Waals surface area contributed by atoms with Crippen LogP contribution in [0.25, 0.3) is 0 Å². The molecule has 6 rings (SSSR count). The molecule has 3 aliphatic heterocycles. The number of aromatic nitrogens is 1. The van der Waals surface area contributed by atoms with Crippen molar-refractivity contribution in [3.05, 3.63) is 47.2 Å². The minimum atomic E-state index is -0.310. The van der Waals surface area contributed by atoms with E-state index in [2.05, 4.69) is 9.88 Å². The van der Waals surface area contributed by atoms with Gasteiger partial charge >= 0.3 is 0 Å². The van der Waals surface area contributed by atoms with Crippen molar-refractivity contribution in [3.8, 4) is 5.75 Å². The molecule has 2 atom stereocenters. The second-order valence-corrected chi connectivity index (χ2v) is 9.75. The number of likely N-dealkylation sites (tertiary alicyclic amines) is 1. The van der Waals surface area contributed by atoms with E-state index in [1.165, 1.54) is 5.01 Å². The first kappa shape index (κ1) is 21.3. The van der Waals surface area contributed by atoms with E-state index in [-0.39, 0.29) is 43.2 Å². The third-order valence-electron chi connectivity index (χ3n) is 7.43. The molecule has 0 radical (unpaired) electrons. The van der Waals surface area contributed by atoms with Crippen molar-refractivity contribution in [1.82, 2.24) is 19.9 Å². The first-order valence-electron chi connectivity index (χ1n) is 12.1. The highest BCUT2D eigenvalue weighted by atomic mass is 16.5. The molecular weight excluding hydrogens is 436 g/mol. The Morgan fingerprint density at radius 2 is 1.85 bits per heavy atom. The maximum absolute atomic E-state index is 12.9. The van der Waals surface area contributed by atoms with Gasteiger partial charge in [0.25, 0.3) is 5.91 Å². The third kappa shape index (κ3) is 3.58. The Hall–Kier alpha value is -3.20. The molecule has 2 aromatic rings. The number of imide groups is 1. The lowest BCUT2D eigenvalue weighted by Gasteiger charge is -2.43. The molecule has 0 spiro atoms. The van der Waals surface area contributed by atoms with Crippen LogP contribution >= 0.6 is 0 Å². The minimum absolute atomic E-state index is 0.0868. The SMILES string of the molecule is Cc1cnc(C2CN([C@@H]3CCC[C@H]3Oc3ccc4c(c3)CN(N3C(=O)CCCC3=O)C4=O)C2)o1. The molecule has 3 fully saturated rings. The molecule has 3 amide bonds. The fourth-order valence-electron chi connectivity index (χ4n) is 5.66. The van der Waals surface area contributed by atoms with Gasteiger partial charge in [-0.25, -0.2) is 9.99 Å². The predicted molar refractivity (Wildman–Crippen MR) is 120 cm³/mol. The lowest BCUT2D eigenvalue weighted by atomic mass is 9.96. The Morgan fingerprint density at radius 1 is 1.06 bits per heavy atom. The molecule has 0 N–H and O–H groups in total. The van der Waals surface area contributed by atoms with E-state index < -0.39 is 0 Å². The lowest BCUT2D eigenvalue weighted by Crippen LogP contribution is -2.54. The van der Waals surface area contributed by atoms with Crippen LogP contribution in [-0.4, -0.2) is 62.9 Å². The average Bonchev–Trinajstić information content (AvgIpc) is 3.48. The number of amides is 3. The summed E-state index contributed by atoms with van der Waals surface area (Å²) in [4.78, 5) is 44.3. The van der Waals surface area contributed by atoms with E-state index >= 15 is 0 Å². The largest absolute Gasteiger partial charge is 0.489 e. The highest BCUT2D eigenvalue weighted by molar-refractivity contribution is 6.04. The van der Waals surface area contributed by atoms with E-state index in [9.17, 15) is 14.4 Å². The number of rotatable bonds is 5. The molecule has 1 aromatic heterocycles. The monoisotopic (exact) mass is 464 g/mol.